The summed E-state index contributed by atoms with van der Waals surface area (Å²) in [5, 5.41) is 11.7. The van der Waals surface area contributed by atoms with Gasteiger partial charge >= 0.3 is 0 Å². The van der Waals surface area contributed by atoms with E-state index in [1.54, 1.807) is 48.5 Å². The van der Waals surface area contributed by atoms with Crippen LogP contribution in [0.1, 0.15) is 5.76 Å². The van der Waals surface area contributed by atoms with Crippen molar-refractivity contribution in [2.45, 2.75) is 0 Å². The van der Waals surface area contributed by atoms with E-state index in [-0.39, 0.29) is 11.6 Å². The van der Waals surface area contributed by atoms with E-state index in [1.807, 2.05) is 0 Å². The molecule has 6 nitrogen and oxygen atoms in total. The first-order valence-electron chi connectivity index (χ1n) is 8.41. The fourth-order valence-electron chi connectivity index (χ4n) is 2.83. The lowest BCUT2D eigenvalue weighted by molar-refractivity contribution is -0.384. The average Bonchev–Trinajstić information content (AvgIpc) is 3.28. The number of hydrogen-bond donors (Lipinski definition) is 0. The van der Waals surface area contributed by atoms with Gasteiger partial charge in [-0.1, -0.05) is 59.3 Å². The molecule has 0 unspecified atom stereocenters. The molecule has 0 bridgehead atoms. The van der Waals surface area contributed by atoms with Crippen LogP contribution in [0.25, 0.3) is 17.4 Å². The number of halogens is 2. The van der Waals surface area contributed by atoms with Gasteiger partial charge < -0.3 is 4.42 Å². The summed E-state index contributed by atoms with van der Waals surface area (Å²) in [6.45, 7) is 0. The molecular formula is C20H10Cl2N2O4S2. The normalized spacial score (nSPS) is 15.3. The molecule has 0 radical (unpaired) electrons. The van der Waals surface area contributed by atoms with Crippen LogP contribution < -0.4 is 4.90 Å². The molecule has 1 saturated heterocycles. The predicted molar refractivity (Wildman–Crippen MR) is 123 cm³/mol. The first-order valence-corrected chi connectivity index (χ1v) is 10.4. The smallest absolute Gasteiger partial charge is 0.270 e. The van der Waals surface area contributed by atoms with Crippen molar-refractivity contribution >= 4 is 74.9 Å². The standard InChI is InChI=1S/C20H10Cl2N2O4S2/c21-12-4-6-16(15(22)9-12)23-19(25)18(30-20(23)29)10-14-5-7-17(28-14)11-2-1-3-13(8-11)24(26)27/h1-10H. The molecule has 0 atom stereocenters. The maximum absolute atomic E-state index is 12.9. The van der Waals surface area contributed by atoms with Gasteiger partial charge in [0.2, 0.25) is 0 Å². The molecule has 1 aromatic heterocycles. The number of benzene rings is 2. The van der Waals surface area contributed by atoms with Gasteiger partial charge in [0.25, 0.3) is 11.6 Å². The Labute approximate surface area is 190 Å². The fourth-order valence-corrected chi connectivity index (χ4v) is 4.58. The van der Waals surface area contributed by atoms with Gasteiger partial charge in [-0.15, -0.1) is 0 Å². The van der Waals surface area contributed by atoms with E-state index in [2.05, 4.69) is 0 Å². The SMILES string of the molecule is O=C1C(=Cc2ccc(-c3cccc([N+](=O)[O-])c3)o2)SC(=S)N1c1ccc(Cl)cc1Cl. The first-order chi connectivity index (χ1) is 14.3. The Bertz CT molecular complexity index is 1240. The molecule has 2 heterocycles. The topological polar surface area (TPSA) is 76.6 Å². The number of non-ortho nitro benzene ring substituents is 1. The van der Waals surface area contributed by atoms with E-state index in [0.29, 0.717) is 42.0 Å². The van der Waals surface area contributed by atoms with Crippen molar-refractivity contribution in [1.29, 1.82) is 0 Å². The van der Waals surface area contributed by atoms with Crippen LogP contribution in [0.4, 0.5) is 11.4 Å². The van der Waals surface area contributed by atoms with Gasteiger partial charge in [-0.2, -0.15) is 0 Å². The summed E-state index contributed by atoms with van der Waals surface area (Å²) >= 11 is 18.6. The van der Waals surface area contributed by atoms with Crippen LogP contribution in [0.2, 0.25) is 10.0 Å². The van der Waals surface area contributed by atoms with Crippen LogP contribution in [0.5, 0.6) is 0 Å². The van der Waals surface area contributed by atoms with Gasteiger partial charge in [0.1, 0.15) is 11.5 Å². The number of nitrogens with zero attached hydrogens (tertiary/aromatic N) is 2. The van der Waals surface area contributed by atoms with Gasteiger partial charge in [0.05, 0.1) is 20.5 Å². The lowest BCUT2D eigenvalue weighted by atomic mass is 10.1. The van der Waals surface area contributed by atoms with Crippen molar-refractivity contribution in [3.05, 3.63) is 85.4 Å². The lowest BCUT2D eigenvalue weighted by Gasteiger charge is -2.16. The van der Waals surface area contributed by atoms with Gasteiger partial charge in [-0.05, 0) is 30.3 Å². The minimum atomic E-state index is -0.472. The van der Waals surface area contributed by atoms with Crippen molar-refractivity contribution in [3.8, 4) is 11.3 Å². The van der Waals surface area contributed by atoms with Gasteiger partial charge in [0, 0.05) is 28.8 Å². The minimum absolute atomic E-state index is 0.0360. The van der Waals surface area contributed by atoms with Gasteiger partial charge in [-0.3, -0.25) is 19.8 Å². The molecule has 0 saturated carbocycles. The molecule has 1 amide bonds. The Morgan fingerprint density at radius 2 is 1.93 bits per heavy atom. The summed E-state index contributed by atoms with van der Waals surface area (Å²) < 4.78 is 6.09. The number of carbonyl (C=O) groups excluding carboxylic acids is 1. The molecule has 0 aliphatic carbocycles. The van der Waals surface area contributed by atoms with Crippen LogP contribution in [-0.2, 0) is 4.79 Å². The monoisotopic (exact) mass is 476 g/mol. The van der Waals surface area contributed by atoms with Crippen LogP contribution in [0.3, 0.4) is 0 Å². The Kier molecular flexibility index (Phi) is 5.66. The first kappa shape index (κ1) is 20.6. The average molecular weight is 477 g/mol. The van der Waals surface area contributed by atoms with E-state index in [0.717, 1.165) is 11.8 Å². The van der Waals surface area contributed by atoms with Crippen molar-refractivity contribution in [3.63, 3.8) is 0 Å². The highest BCUT2D eigenvalue weighted by Gasteiger charge is 2.34. The van der Waals surface area contributed by atoms with Crippen molar-refractivity contribution in [2.24, 2.45) is 0 Å². The van der Waals surface area contributed by atoms with Crippen LogP contribution in [0.15, 0.2) is 63.9 Å². The van der Waals surface area contributed by atoms with E-state index in [1.165, 1.54) is 17.0 Å². The van der Waals surface area contributed by atoms with E-state index in [4.69, 9.17) is 39.8 Å². The molecule has 2 aromatic carbocycles. The number of furan rings is 1. The molecule has 1 aliphatic rings. The summed E-state index contributed by atoms with van der Waals surface area (Å²) in [5.74, 6) is 0.530. The largest absolute Gasteiger partial charge is 0.457 e. The van der Waals surface area contributed by atoms with Crippen molar-refractivity contribution in [2.75, 3.05) is 4.90 Å². The highest BCUT2D eigenvalue weighted by atomic mass is 35.5. The van der Waals surface area contributed by atoms with E-state index < -0.39 is 4.92 Å². The fraction of sp³-hybridized carbons (Fsp3) is 0. The summed E-state index contributed by atoms with van der Waals surface area (Å²) in [7, 11) is 0. The molecule has 1 aliphatic heterocycles. The highest BCUT2D eigenvalue weighted by Crippen LogP contribution is 2.40. The zero-order chi connectivity index (χ0) is 21.4. The second-order valence-electron chi connectivity index (χ2n) is 6.12. The molecular weight excluding hydrogens is 467 g/mol. The highest BCUT2D eigenvalue weighted by molar-refractivity contribution is 8.27. The minimum Gasteiger partial charge on any atom is -0.457 e. The Hall–Kier alpha value is -2.65. The third kappa shape index (κ3) is 3.99. The van der Waals surface area contributed by atoms with E-state index >= 15 is 0 Å². The van der Waals surface area contributed by atoms with Gasteiger partial charge in [0.15, 0.2) is 4.32 Å². The Balaban J connectivity index is 1.62. The van der Waals surface area contributed by atoms with Crippen molar-refractivity contribution in [1.82, 2.24) is 0 Å². The van der Waals surface area contributed by atoms with Crippen LogP contribution >= 0.6 is 47.2 Å². The van der Waals surface area contributed by atoms with Crippen LogP contribution in [-0.4, -0.2) is 15.2 Å². The lowest BCUT2D eigenvalue weighted by Crippen LogP contribution is -2.27. The molecule has 4 rings (SSSR count). The number of carbonyl (C=O) groups is 1. The van der Waals surface area contributed by atoms with Crippen molar-refractivity contribution < 1.29 is 14.1 Å². The zero-order valence-corrected chi connectivity index (χ0v) is 18.0. The molecule has 10 heteroatoms. The van der Waals surface area contributed by atoms with E-state index in [9.17, 15) is 14.9 Å². The van der Waals surface area contributed by atoms with Crippen LogP contribution in [0, 0.1) is 10.1 Å². The second-order valence-corrected chi connectivity index (χ2v) is 8.64. The summed E-state index contributed by atoms with van der Waals surface area (Å²) in [6.07, 6.45) is 1.57. The molecule has 0 spiro atoms. The molecule has 150 valence electrons. The predicted octanol–water partition coefficient (Wildman–Crippen LogP) is 6.57. The number of thioether (sulfide) groups is 1. The molecule has 1 fully saturated rings. The second kappa shape index (κ2) is 8.23. The number of hydrogen-bond acceptors (Lipinski definition) is 6. The maximum Gasteiger partial charge on any atom is 0.270 e. The third-order valence-electron chi connectivity index (χ3n) is 4.19. The number of anilines is 1. The number of rotatable bonds is 4. The third-order valence-corrected chi connectivity index (χ3v) is 6.03. The zero-order valence-electron chi connectivity index (χ0n) is 14.9. The summed E-state index contributed by atoms with van der Waals surface area (Å²) in [5.41, 5.74) is 0.971. The summed E-state index contributed by atoms with van der Waals surface area (Å²) in [4.78, 5) is 25.1. The maximum atomic E-state index is 12.9. The molecule has 3 aromatic rings. The summed E-state index contributed by atoms with van der Waals surface area (Å²) in [6, 6.07) is 14.3. The van der Waals surface area contributed by atoms with Gasteiger partial charge in [-0.25, -0.2) is 0 Å². The molecule has 30 heavy (non-hydrogen) atoms. The Morgan fingerprint density at radius 3 is 2.67 bits per heavy atom. The number of nitro benzene ring substituents is 1. The quantitative estimate of drug-likeness (QED) is 0.183. The number of thiocarbonyl (C=S) groups is 1. The molecule has 0 N–H and O–H groups in total. The Morgan fingerprint density at radius 1 is 1.13 bits per heavy atom. The number of amides is 1. The number of nitro groups is 1.